The monoisotopic (exact) mass is 222 g/mol. The van der Waals surface area contributed by atoms with Gasteiger partial charge in [-0.25, -0.2) is 0 Å². The minimum absolute atomic E-state index is 0. The van der Waals surface area contributed by atoms with E-state index in [-0.39, 0.29) is 30.0 Å². The van der Waals surface area contributed by atoms with Crippen molar-refractivity contribution in [1.82, 2.24) is 14.9 Å². The molecule has 7 heteroatoms. The van der Waals surface area contributed by atoms with Gasteiger partial charge in [-0.2, -0.15) is 0 Å². The molecule has 5 nitrogen and oxygen atoms in total. The molecule has 74 valence electrons. The molecule has 1 amide bonds. The minimum Gasteiger partial charge on any atom is -0.387 e. The quantitative estimate of drug-likeness (QED) is 0.771. The van der Waals surface area contributed by atoms with Crippen LogP contribution in [0.5, 0.6) is 0 Å². The Balaban J connectivity index is 0.00000144. The zero-order valence-corrected chi connectivity index (χ0v) is 8.91. The number of nitrogens with zero attached hydrogens (tertiary/aromatic N) is 2. The second-order valence-electron chi connectivity index (χ2n) is 2.61. The summed E-state index contributed by atoms with van der Waals surface area (Å²) in [6.07, 6.45) is 0. The van der Waals surface area contributed by atoms with Crippen LogP contribution < -0.4 is 11.1 Å². The number of nitrogens with one attached hydrogen (secondary N) is 1. The van der Waals surface area contributed by atoms with Gasteiger partial charge >= 0.3 is 0 Å². The van der Waals surface area contributed by atoms with Crippen LogP contribution in [0.15, 0.2) is 0 Å². The van der Waals surface area contributed by atoms with Crippen molar-refractivity contribution in [3.05, 3.63) is 5.69 Å². The molecule has 0 aromatic carbocycles. The Morgan fingerprint density at radius 2 is 2.23 bits per heavy atom. The normalized spacial score (nSPS) is 9.46. The average Bonchev–Trinajstić information content (AvgIpc) is 2.33. The topological polar surface area (TPSA) is 80.9 Å². The first-order valence-corrected chi connectivity index (χ1v) is 4.27. The van der Waals surface area contributed by atoms with Crippen LogP contribution >= 0.6 is 23.9 Å². The zero-order valence-electron chi connectivity index (χ0n) is 7.27. The highest BCUT2D eigenvalue weighted by atomic mass is 35.5. The molecule has 1 aromatic rings. The molecule has 0 radical (unpaired) electrons. The van der Waals surface area contributed by atoms with Gasteiger partial charge in [-0.15, -0.1) is 17.5 Å². The van der Waals surface area contributed by atoms with E-state index in [4.69, 9.17) is 5.73 Å². The Labute approximate surface area is 86.3 Å². The molecule has 3 N–H and O–H groups in total. The van der Waals surface area contributed by atoms with Crippen LogP contribution in [0, 0.1) is 0 Å². The van der Waals surface area contributed by atoms with Crippen molar-refractivity contribution < 1.29 is 4.79 Å². The fraction of sp³-hybridized carbons (Fsp3) is 0.500. The van der Waals surface area contributed by atoms with Crippen LogP contribution in [0.4, 0.5) is 5.00 Å². The van der Waals surface area contributed by atoms with Gasteiger partial charge in [0.05, 0.1) is 0 Å². The van der Waals surface area contributed by atoms with Gasteiger partial charge in [-0.3, -0.25) is 4.79 Å². The first-order chi connectivity index (χ1) is 5.61. The van der Waals surface area contributed by atoms with E-state index >= 15 is 0 Å². The highest BCUT2D eigenvalue weighted by Crippen LogP contribution is 2.11. The third kappa shape index (κ3) is 3.16. The van der Waals surface area contributed by atoms with E-state index < -0.39 is 0 Å². The molecular formula is C6H11ClN4OS. The second-order valence-corrected chi connectivity index (χ2v) is 3.40. The van der Waals surface area contributed by atoms with Gasteiger partial charge in [0.2, 0.25) is 0 Å². The average molecular weight is 223 g/mol. The van der Waals surface area contributed by atoms with Gasteiger partial charge in [0.1, 0.15) is 5.00 Å². The maximum atomic E-state index is 11.3. The maximum Gasteiger partial charge on any atom is 0.275 e. The Kier molecular flexibility index (Phi) is 4.64. The number of rotatable bonds is 2. The van der Waals surface area contributed by atoms with E-state index in [1.165, 1.54) is 0 Å². The lowest BCUT2D eigenvalue weighted by Gasteiger charge is -2.05. The lowest BCUT2D eigenvalue weighted by Crippen LogP contribution is -2.30. The predicted molar refractivity (Wildman–Crippen MR) is 54.2 cm³/mol. The highest BCUT2D eigenvalue weighted by Gasteiger charge is 2.14. The Morgan fingerprint density at radius 1 is 1.62 bits per heavy atom. The van der Waals surface area contributed by atoms with Gasteiger partial charge in [0.15, 0.2) is 5.69 Å². The van der Waals surface area contributed by atoms with Crippen molar-refractivity contribution in [2.75, 3.05) is 5.73 Å². The fourth-order valence-electron chi connectivity index (χ4n) is 0.686. The van der Waals surface area contributed by atoms with Crippen LogP contribution in [-0.2, 0) is 0 Å². The molecule has 0 aliphatic rings. The second kappa shape index (κ2) is 4.98. The number of nitrogens with two attached hydrogens (primary N) is 1. The standard InChI is InChI=1S/C6H10N4OS.ClH/c1-3(2)8-6(11)4-5(7)12-10-9-4;/h3H,7H2,1-2H3,(H,8,11);1H. The molecule has 0 spiro atoms. The molecule has 13 heavy (non-hydrogen) atoms. The molecular weight excluding hydrogens is 212 g/mol. The number of amides is 1. The Bertz CT molecular complexity index is 288. The maximum absolute atomic E-state index is 11.3. The van der Waals surface area contributed by atoms with E-state index in [1.807, 2.05) is 13.8 Å². The number of carbonyl (C=O) groups is 1. The van der Waals surface area contributed by atoms with Crippen molar-refractivity contribution in [2.24, 2.45) is 0 Å². The van der Waals surface area contributed by atoms with Gasteiger partial charge in [-0.1, -0.05) is 4.49 Å². The van der Waals surface area contributed by atoms with Crippen LogP contribution in [-0.4, -0.2) is 21.5 Å². The van der Waals surface area contributed by atoms with Crippen LogP contribution in [0.3, 0.4) is 0 Å². The smallest absolute Gasteiger partial charge is 0.275 e. The molecule has 0 bridgehead atoms. The number of halogens is 1. The first-order valence-electron chi connectivity index (χ1n) is 3.50. The minimum atomic E-state index is -0.267. The molecule has 0 fully saturated rings. The number of anilines is 1. The van der Waals surface area contributed by atoms with Gasteiger partial charge < -0.3 is 11.1 Å². The number of carbonyl (C=O) groups excluding carboxylic acids is 1. The van der Waals surface area contributed by atoms with Gasteiger partial charge in [-0.05, 0) is 13.8 Å². The van der Waals surface area contributed by atoms with Crippen molar-refractivity contribution in [2.45, 2.75) is 19.9 Å². The Hall–Kier alpha value is -0.880. The van der Waals surface area contributed by atoms with Crippen molar-refractivity contribution in [3.63, 3.8) is 0 Å². The molecule has 1 aromatic heterocycles. The van der Waals surface area contributed by atoms with Crippen LogP contribution in [0.25, 0.3) is 0 Å². The summed E-state index contributed by atoms with van der Waals surface area (Å²) in [4.78, 5) is 11.3. The van der Waals surface area contributed by atoms with Gasteiger partial charge in [0.25, 0.3) is 5.91 Å². The molecule has 0 aliphatic heterocycles. The number of hydrogen-bond acceptors (Lipinski definition) is 5. The molecule has 1 heterocycles. The van der Waals surface area contributed by atoms with E-state index in [1.54, 1.807) is 0 Å². The van der Waals surface area contributed by atoms with Crippen molar-refractivity contribution in [1.29, 1.82) is 0 Å². The molecule has 0 aliphatic carbocycles. The summed E-state index contributed by atoms with van der Waals surface area (Å²) in [5.74, 6) is -0.267. The lowest BCUT2D eigenvalue weighted by molar-refractivity contribution is 0.0939. The molecule has 0 saturated heterocycles. The first kappa shape index (κ1) is 12.1. The molecule has 1 rings (SSSR count). The SMILES string of the molecule is CC(C)NC(=O)c1nnsc1N.Cl. The summed E-state index contributed by atoms with van der Waals surface area (Å²) < 4.78 is 3.56. The Morgan fingerprint density at radius 3 is 2.62 bits per heavy atom. The van der Waals surface area contributed by atoms with E-state index in [0.29, 0.717) is 5.00 Å². The van der Waals surface area contributed by atoms with E-state index in [0.717, 1.165) is 11.5 Å². The molecule has 0 atom stereocenters. The van der Waals surface area contributed by atoms with Gasteiger partial charge in [0, 0.05) is 17.6 Å². The van der Waals surface area contributed by atoms with Crippen molar-refractivity contribution in [3.8, 4) is 0 Å². The van der Waals surface area contributed by atoms with Crippen LogP contribution in [0.1, 0.15) is 24.3 Å². The third-order valence-electron chi connectivity index (χ3n) is 1.15. The van der Waals surface area contributed by atoms with Crippen molar-refractivity contribution >= 4 is 34.8 Å². The number of aromatic nitrogens is 2. The fourth-order valence-corrected chi connectivity index (χ4v) is 1.12. The summed E-state index contributed by atoms with van der Waals surface area (Å²) in [6, 6.07) is 0.0820. The number of hydrogen-bond donors (Lipinski definition) is 2. The van der Waals surface area contributed by atoms with E-state index in [2.05, 4.69) is 14.9 Å². The summed E-state index contributed by atoms with van der Waals surface area (Å²) in [5, 5.41) is 6.63. The molecule has 0 unspecified atom stereocenters. The predicted octanol–water partition coefficient (Wildman–Crippen LogP) is 0.680. The lowest BCUT2D eigenvalue weighted by atomic mass is 10.3. The summed E-state index contributed by atoms with van der Waals surface area (Å²) in [6.45, 7) is 3.74. The summed E-state index contributed by atoms with van der Waals surface area (Å²) in [5.41, 5.74) is 5.67. The zero-order chi connectivity index (χ0) is 9.14. The summed E-state index contributed by atoms with van der Waals surface area (Å²) in [7, 11) is 0. The third-order valence-corrected chi connectivity index (χ3v) is 1.70. The highest BCUT2D eigenvalue weighted by molar-refractivity contribution is 7.10. The molecule has 0 saturated carbocycles. The summed E-state index contributed by atoms with van der Waals surface area (Å²) >= 11 is 1.02. The van der Waals surface area contributed by atoms with Crippen LogP contribution in [0.2, 0.25) is 0 Å². The largest absolute Gasteiger partial charge is 0.387 e. The van der Waals surface area contributed by atoms with E-state index in [9.17, 15) is 4.79 Å². The number of nitrogen functional groups attached to an aromatic ring is 1.